The van der Waals surface area contributed by atoms with Crippen LogP contribution in [-0.4, -0.2) is 36.6 Å². The van der Waals surface area contributed by atoms with Crippen LogP contribution in [0.15, 0.2) is 53.5 Å². The predicted molar refractivity (Wildman–Crippen MR) is 135 cm³/mol. The van der Waals surface area contributed by atoms with Crippen LogP contribution < -0.4 is 4.74 Å². The van der Waals surface area contributed by atoms with E-state index in [0.29, 0.717) is 57.9 Å². The summed E-state index contributed by atoms with van der Waals surface area (Å²) in [5, 5.41) is 0. The molecule has 11 heteroatoms. The summed E-state index contributed by atoms with van der Waals surface area (Å²) in [6, 6.07) is 9.22. The molecule has 7 rings (SSSR count). The average Bonchev–Trinajstić information content (AvgIpc) is 3.87. The van der Waals surface area contributed by atoms with Crippen molar-refractivity contribution in [3.05, 3.63) is 71.7 Å². The first-order valence-electron chi connectivity index (χ1n) is 12.8. The molecule has 0 spiro atoms. The summed E-state index contributed by atoms with van der Waals surface area (Å²) in [5.41, 5.74) is 4.15. The lowest BCUT2D eigenvalue weighted by Crippen LogP contribution is -2.05. The minimum Gasteiger partial charge on any atom is -0.480 e. The fourth-order valence-electron chi connectivity index (χ4n) is 4.89. The number of nitrogens with zero attached hydrogens (tertiary/aromatic N) is 6. The number of halogens is 3. The molecule has 0 unspecified atom stereocenters. The van der Waals surface area contributed by atoms with Gasteiger partial charge in [-0.25, -0.2) is 19.9 Å². The standard InChI is InChI=1S/C28H23F3N6O2/c1-38-26-22(23(16-6-7-16)33-14-34-26)27-35-19-10-11-32-20(24(19)39-27)12-15-2-4-17(5-3-15)25-36-21(28(29,30)31)13-37(25)18-8-9-18/h2-5,10-11,13-14,16,18H,6-9,12H2,1H3. The quantitative estimate of drug-likeness (QED) is 0.240. The third-order valence-corrected chi connectivity index (χ3v) is 7.14. The van der Waals surface area contributed by atoms with E-state index in [4.69, 9.17) is 14.1 Å². The molecule has 0 N–H and O–H groups in total. The van der Waals surface area contributed by atoms with Crippen LogP contribution in [0.25, 0.3) is 33.9 Å². The van der Waals surface area contributed by atoms with E-state index in [-0.39, 0.29) is 6.04 Å². The Morgan fingerprint density at radius 2 is 1.79 bits per heavy atom. The predicted octanol–water partition coefficient (Wildman–Crippen LogP) is 6.37. The number of benzene rings is 1. The number of oxazole rings is 1. The van der Waals surface area contributed by atoms with Gasteiger partial charge in [0.2, 0.25) is 11.8 Å². The van der Waals surface area contributed by atoms with Gasteiger partial charge in [0.25, 0.3) is 0 Å². The van der Waals surface area contributed by atoms with Crippen molar-refractivity contribution >= 4 is 11.1 Å². The lowest BCUT2D eigenvalue weighted by atomic mass is 10.1. The smallest absolute Gasteiger partial charge is 0.434 e. The minimum absolute atomic E-state index is 0.0693. The molecule has 0 radical (unpaired) electrons. The molecule has 4 heterocycles. The number of hydrogen-bond donors (Lipinski definition) is 0. The molecule has 5 aromatic rings. The Kier molecular flexibility index (Phi) is 5.43. The first-order chi connectivity index (χ1) is 18.9. The molecule has 2 aliphatic carbocycles. The molecule has 2 saturated carbocycles. The molecule has 0 amide bonds. The van der Waals surface area contributed by atoms with Gasteiger partial charge in [-0.1, -0.05) is 24.3 Å². The second-order valence-electron chi connectivity index (χ2n) is 10.0. The number of pyridine rings is 1. The van der Waals surface area contributed by atoms with Gasteiger partial charge in [-0.2, -0.15) is 13.2 Å². The monoisotopic (exact) mass is 532 g/mol. The van der Waals surface area contributed by atoms with E-state index in [1.165, 1.54) is 6.33 Å². The third-order valence-electron chi connectivity index (χ3n) is 7.14. The van der Waals surface area contributed by atoms with Crippen LogP contribution in [0.3, 0.4) is 0 Å². The Balaban J connectivity index is 1.20. The van der Waals surface area contributed by atoms with E-state index in [1.807, 2.05) is 12.1 Å². The Labute approximate surface area is 220 Å². The zero-order valence-corrected chi connectivity index (χ0v) is 20.9. The van der Waals surface area contributed by atoms with Crippen LogP contribution in [0.5, 0.6) is 5.88 Å². The van der Waals surface area contributed by atoms with Gasteiger partial charge < -0.3 is 13.7 Å². The fraction of sp³-hybridized carbons (Fsp3) is 0.321. The normalized spacial score (nSPS) is 15.7. The molecule has 4 aromatic heterocycles. The number of aromatic nitrogens is 6. The minimum atomic E-state index is -4.48. The second kappa shape index (κ2) is 8.89. The van der Waals surface area contributed by atoms with Crippen LogP contribution in [-0.2, 0) is 12.6 Å². The Hall–Kier alpha value is -4.28. The number of ether oxygens (including phenoxy) is 1. The number of alkyl halides is 3. The molecule has 0 aliphatic heterocycles. The Morgan fingerprint density at radius 3 is 2.49 bits per heavy atom. The summed E-state index contributed by atoms with van der Waals surface area (Å²) in [7, 11) is 1.56. The van der Waals surface area contributed by atoms with Crippen molar-refractivity contribution in [2.75, 3.05) is 7.11 Å². The second-order valence-corrected chi connectivity index (χ2v) is 10.0. The molecule has 0 atom stereocenters. The molecule has 0 saturated heterocycles. The van der Waals surface area contributed by atoms with Crippen molar-refractivity contribution < 1.29 is 22.3 Å². The first-order valence-corrected chi connectivity index (χ1v) is 12.8. The molecular formula is C28H23F3N6O2. The van der Waals surface area contributed by atoms with E-state index in [1.54, 1.807) is 36.1 Å². The van der Waals surface area contributed by atoms with E-state index >= 15 is 0 Å². The molecule has 198 valence electrons. The highest BCUT2D eigenvalue weighted by molar-refractivity contribution is 5.80. The topological polar surface area (TPSA) is 91.8 Å². The molecule has 2 aliphatic rings. The van der Waals surface area contributed by atoms with Gasteiger partial charge in [0.1, 0.15) is 23.2 Å². The molecule has 0 bridgehead atoms. The highest BCUT2D eigenvalue weighted by Crippen LogP contribution is 2.46. The number of methoxy groups -OCH3 is 1. The van der Waals surface area contributed by atoms with Gasteiger partial charge in [0.05, 0.1) is 18.5 Å². The van der Waals surface area contributed by atoms with E-state index in [2.05, 4.69) is 19.9 Å². The van der Waals surface area contributed by atoms with E-state index in [9.17, 15) is 13.2 Å². The summed E-state index contributed by atoms with van der Waals surface area (Å²) < 4.78 is 53.4. The number of fused-ring (bicyclic) bond motifs is 1. The van der Waals surface area contributed by atoms with Gasteiger partial charge in [-0.15, -0.1) is 0 Å². The number of hydrogen-bond acceptors (Lipinski definition) is 7. The van der Waals surface area contributed by atoms with Gasteiger partial charge in [0, 0.05) is 36.3 Å². The maximum absolute atomic E-state index is 13.3. The number of imidazole rings is 1. The summed E-state index contributed by atoms with van der Waals surface area (Å²) in [6.45, 7) is 0. The zero-order chi connectivity index (χ0) is 26.7. The summed E-state index contributed by atoms with van der Waals surface area (Å²) in [6.07, 6.45) is 4.09. The van der Waals surface area contributed by atoms with Crippen LogP contribution in [0.1, 0.15) is 60.3 Å². The third kappa shape index (κ3) is 4.41. The van der Waals surface area contributed by atoms with Gasteiger partial charge in [-0.05, 0) is 37.3 Å². The van der Waals surface area contributed by atoms with Crippen molar-refractivity contribution in [1.82, 2.24) is 29.5 Å². The SMILES string of the molecule is COc1ncnc(C2CC2)c1-c1nc2ccnc(Cc3ccc(-c4nc(C(F)(F)F)cn4C4CC4)cc3)c2o1. The highest BCUT2D eigenvalue weighted by atomic mass is 19.4. The van der Waals surface area contributed by atoms with Crippen molar-refractivity contribution in [3.8, 4) is 28.7 Å². The average molecular weight is 533 g/mol. The lowest BCUT2D eigenvalue weighted by Gasteiger charge is -2.08. The van der Waals surface area contributed by atoms with Crippen LogP contribution in [0.4, 0.5) is 13.2 Å². The zero-order valence-electron chi connectivity index (χ0n) is 20.9. The summed E-state index contributed by atoms with van der Waals surface area (Å²) in [5.74, 6) is 1.48. The van der Waals surface area contributed by atoms with Crippen molar-refractivity contribution in [2.24, 2.45) is 0 Å². The molecule has 8 nitrogen and oxygen atoms in total. The molecule has 1 aromatic carbocycles. The van der Waals surface area contributed by atoms with Gasteiger partial charge >= 0.3 is 6.18 Å². The summed E-state index contributed by atoms with van der Waals surface area (Å²) in [4.78, 5) is 21.9. The largest absolute Gasteiger partial charge is 0.480 e. The van der Waals surface area contributed by atoms with Crippen molar-refractivity contribution in [1.29, 1.82) is 0 Å². The summed E-state index contributed by atoms with van der Waals surface area (Å²) >= 11 is 0. The van der Waals surface area contributed by atoms with Gasteiger partial charge in [0.15, 0.2) is 11.3 Å². The van der Waals surface area contributed by atoms with Crippen LogP contribution >= 0.6 is 0 Å². The molecule has 2 fully saturated rings. The fourth-order valence-corrected chi connectivity index (χ4v) is 4.89. The Morgan fingerprint density at radius 1 is 1.00 bits per heavy atom. The molecule has 39 heavy (non-hydrogen) atoms. The van der Waals surface area contributed by atoms with E-state index in [0.717, 1.165) is 43.1 Å². The highest BCUT2D eigenvalue weighted by Gasteiger charge is 2.37. The maximum Gasteiger partial charge on any atom is 0.434 e. The van der Waals surface area contributed by atoms with Crippen LogP contribution in [0, 0.1) is 0 Å². The van der Waals surface area contributed by atoms with E-state index < -0.39 is 11.9 Å². The number of rotatable bonds is 7. The van der Waals surface area contributed by atoms with Crippen LogP contribution in [0.2, 0.25) is 0 Å². The first kappa shape index (κ1) is 23.8. The van der Waals surface area contributed by atoms with Crippen molar-refractivity contribution in [2.45, 2.75) is 50.2 Å². The Bertz CT molecular complexity index is 1680. The lowest BCUT2D eigenvalue weighted by molar-refractivity contribution is -0.140. The van der Waals surface area contributed by atoms with Gasteiger partial charge in [-0.3, -0.25) is 4.98 Å². The maximum atomic E-state index is 13.3. The molecular weight excluding hydrogens is 509 g/mol. The van der Waals surface area contributed by atoms with Crippen molar-refractivity contribution in [3.63, 3.8) is 0 Å².